The van der Waals surface area contributed by atoms with Gasteiger partial charge in [-0.25, -0.2) is 8.78 Å². The Morgan fingerprint density at radius 3 is 2.32 bits per heavy atom. The monoisotopic (exact) mass is 326 g/mol. The molecule has 0 heterocycles. The normalized spacial score (nSPS) is 10.3. The molecular formula is C13H9BrF2N2O. The summed E-state index contributed by atoms with van der Waals surface area (Å²) >= 11 is 3.25. The van der Waals surface area contributed by atoms with Gasteiger partial charge in [0.25, 0.3) is 5.91 Å². The molecule has 6 heteroatoms. The zero-order chi connectivity index (χ0) is 14.0. The zero-order valence-electron chi connectivity index (χ0n) is 9.58. The maximum absolute atomic E-state index is 13.3. The van der Waals surface area contributed by atoms with Crippen LogP contribution in [0.5, 0.6) is 0 Å². The lowest BCUT2D eigenvalue weighted by atomic mass is 10.1. The van der Waals surface area contributed by atoms with Crippen molar-refractivity contribution in [3.8, 4) is 0 Å². The van der Waals surface area contributed by atoms with Crippen LogP contribution in [0.15, 0.2) is 40.9 Å². The molecule has 0 radical (unpaired) electrons. The molecule has 0 unspecified atom stereocenters. The molecule has 1 amide bonds. The molecule has 3 N–H and O–H groups in total. The Balaban J connectivity index is 2.28. The van der Waals surface area contributed by atoms with Crippen LogP contribution in [0, 0.1) is 11.6 Å². The predicted octanol–water partition coefficient (Wildman–Crippen LogP) is 3.56. The SMILES string of the molecule is Nc1c(F)cc(C(=O)Nc2ccccc2Br)cc1F. The number of halogens is 3. The lowest BCUT2D eigenvalue weighted by molar-refractivity contribution is 0.102. The molecule has 2 aromatic carbocycles. The molecule has 0 spiro atoms. The van der Waals surface area contributed by atoms with Crippen LogP contribution in [0.25, 0.3) is 0 Å². The summed E-state index contributed by atoms with van der Waals surface area (Å²) in [6.07, 6.45) is 0. The summed E-state index contributed by atoms with van der Waals surface area (Å²) in [5.41, 5.74) is 4.90. The minimum Gasteiger partial charge on any atom is -0.394 e. The van der Waals surface area contributed by atoms with Gasteiger partial charge >= 0.3 is 0 Å². The summed E-state index contributed by atoms with van der Waals surface area (Å²) in [6, 6.07) is 8.69. The highest BCUT2D eigenvalue weighted by Gasteiger charge is 2.14. The molecule has 98 valence electrons. The fourth-order valence-corrected chi connectivity index (χ4v) is 1.86. The summed E-state index contributed by atoms with van der Waals surface area (Å²) in [5, 5.41) is 2.54. The lowest BCUT2D eigenvalue weighted by Gasteiger charge is -2.08. The van der Waals surface area contributed by atoms with E-state index in [0.29, 0.717) is 10.2 Å². The Hall–Kier alpha value is -1.95. The van der Waals surface area contributed by atoms with E-state index in [-0.39, 0.29) is 5.56 Å². The number of carbonyl (C=O) groups is 1. The van der Waals surface area contributed by atoms with Crippen LogP contribution in [0.1, 0.15) is 10.4 Å². The lowest BCUT2D eigenvalue weighted by Crippen LogP contribution is -2.13. The number of nitrogens with two attached hydrogens (primary N) is 1. The Labute approximate surface area is 116 Å². The minimum atomic E-state index is -0.961. The topological polar surface area (TPSA) is 55.1 Å². The molecule has 0 fully saturated rings. The molecule has 0 aromatic heterocycles. The van der Waals surface area contributed by atoms with Gasteiger partial charge in [0.1, 0.15) is 17.3 Å². The number of anilines is 2. The summed E-state index contributed by atoms with van der Waals surface area (Å²) in [7, 11) is 0. The average Bonchev–Trinajstić information content (AvgIpc) is 2.38. The van der Waals surface area contributed by atoms with Crippen LogP contribution in [0.2, 0.25) is 0 Å². The van der Waals surface area contributed by atoms with Crippen molar-refractivity contribution < 1.29 is 13.6 Å². The first-order valence-electron chi connectivity index (χ1n) is 5.29. The van der Waals surface area contributed by atoms with Crippen molar-refractivity contribution in [2.24, 2.45) is 0 Å². The van der Waals surface area contributed by atoms with Crippen molar-refractivity contribution in [3.05, 3.63) is 58.1 Å². The molecule has 19 heavy (non-hydrogen) atoms. The van der Waals surface area contributed by atoms with Gasteiger partial charge in [0.2, 0.25) is 0 Å². The first-order chi connectivity index (χ1) is 8.99. The van der Waals surface area contributed by atoms with Gasteiger partial charge in [0.15, 0.2) is 0 Å². The van der Waals surface area contributed by atoms with Gasteiger partial charge in [0.05, 0.1) is 5.69 Å². The number of nitrogen functional groups attached to an aromatic ring is 1. The second-order valence-electron chi connectivity index (χ2n) is 3.79. The third kappa shape index (κ3) is 2.90. The molecule has 3 nitrogen and oxygen atoms in total. The summed E-state index contributed by atoms with van der Waals surface area (Å²) < 4.78 is 27.2. The number of rotatable bonds is 2. The molecule has 2 aromatic rings. The van der Waals surface area contributed by atoms with Gasteiger partial charge in [-0.05, 0) is 40.2 Å². The Bertz CT molecular complexity index is 623. The standard InChI is InChI=1S/C13H9BrF2N2O/c14-8-3-1-2-4-11(8)18-13(19)7-5-9(15)12(17)10(16)6-7/h1-6H,17H2,(H,18,19). The van der Waals surface area contributed by atoms with Crippen LogP contribution in [0.4, 0.5) is 20.2 Å². The molecule has 2 rings (SSSR count). The number of hydrogen-bond acceptors (Lipinski definition) is 2. The second-order valence-corrected chi connectivity index (χ2v) is 4.64. The molecule has 0 saturated carbocycles. The van der Waals surface area contributed by atoms with Crippen LogP contribution in [-0.4, -0.2) is 5.91 Å². The summed E-state index contributed by atoms with van der Waals surface area (Å²) in [4.78, 5) is 11.9. The van der Waals surface area contributed by atoms with E-state index >= 15 is 0 Å². The number of benzene rings is 2. The number of nitrogens with one attached hydrogen (secondary N) is 1. The summed E-state index contributed by atoms with van der Waals surface area (Å²) in [6.45, 7) is 0. The average molecular weight is 327 g/mol. The highest BCUT2D eigenvalue weighted by molar-refractivity contribution is 9.10. The van der Waals surface area contributed by atoms with Gasteiger partial charge in [-0.2, -0.15) is 0 Å². The quantitative estimate of drug-likeness (QED) is 0.829. The van der Waals surface area contributed by atoms with Crippen molar-refractivity contribution in [1.82, 2.24) is 0 Å². The first kappa shape index (κ1) is 13.5. The van der Waals surface area contributed by atoms with Crippen LogP contribution < -0.4 is 11.1 Å². The fraction of sp³-hybridized carbons (Fsp3) is 0. The number of para-hydroxylation sites is 1. The Morgan fingerprint density at radius 1 is 1.16 bits per heavy atom. The van der Waals surface area contributed by atoms with E-state index in [1.54, 1.807) is 24.3 Å². The van der Waals surface area contributed by atoms with Gasteiger partial charge in [0, 0.05) is 10.0 Å². The minimum absolute atomic E-state index is 0.139. The number of hydrogen-bond donors (Lipinski definition) is 2. The van der Waals surface area contributed by atoms with Gasteiger partial charge in [-0.15, -0.1) is 0 Å². The largest absolute Gasteiger partial charge is 0.394 e. The van der Waals surface area contributed by atoms with Gasteiger partial charge < -0.3 is 11.1 Å². The third-order valence-corrected chi connectivity index (χ3v) is 3.15. The van der Waals surface area contributed by atoms with Crippen molar-refractivity contribution in [3.63, 3.8) is 0 Å². The third-order valence-electron chi connectivity index (χ3n) is 2.46. The Morgan fingerprint density at radius 2 is 1.74 bits per heavy atom. The highest BCUT2D eigenvalue weighted by Crippen LogP contribution is 2.23. The molecule has 0 aliphatic rings. The number of carbonyl (C=O) groups excluding carboxylic acids is 1. The Kier molecular flexibility index (Phi) is 3.80. The van der Waals surface area contributed by atoms with Crippen LogP contribution in [0.3, 0.4) is 0 Å². The molecule has 0 atom stereocenters. The number of amides is 1. The predicted molar refractivity (Wildman–Crippen MR) is 72.9 cm³/mol. The first-order valence-corrected chi connectivity index (χ1v) is 6.08. The van der Waals surface area contributed by atoms with E-state index in [2.05, 4.69) is 21.2 Å². The fourth-order valence-electron chi connectivity index (χ4n) is 1.47. The van der Waals surface area contributed by atoms with Crippen molar-refractivity contribution in [2.75, 3.05) is 11.1 Å². The van der Waals surface area contributed by atoms with Crippen LogP contribution >= 0.6 is 15.9 Å². The molecule has 0 bridgehead atoms. The maximum Gasteiger partial charge on any atom is 0.255 e. The smallest absolute Gasteiger partial charge is 0.255 e. The van der Waals surface area contributed by atoms with E-state index in [1.165, 1.54) is 0 Å². The molecular weight excluding hydrogens is 318 g/mol. The van der Waals surface area contributed by atoms with E-state index in [4.69, 9.17) is 5.73 Å². The molecule has 0 aliphatic heterocycles. The maximum atomic E-state index is 13.3. The van der Waals surface area contributed by atoms with Crippen molar-refractivity contribution in [1.29, 1.82) is 0 Å². The highest BCUT2D eigenvalue weighted by atomic mass is 79.9. The van der Waals surface area contributed by atoms with E-state index in [9.17, 15) is 13.6 Å². The van der Waals surface area contributed by atoms with Crippen molar-refractivity contribution >= 4 is 33.2 Å². The van der Waals surface area contributed by atoms with Gasteiger partial charge in [-0.1, -0.05) is 12.1 Å². The van der Waals surface area contributed by atoms with E-state index < -0.39 is 23.2 Å². The van der Waals surface area contributed by atoms with E-state index in [1.807, 2.05) is 0 Å². The van der Waals surface area contributed by atoms with Gasteiger partial charge in [-0.3, -0.25) is 4.79 Å². The zero-order valence-corrected chi connectivity index (χ0v) is 11.2. The van der Waals surface area contributed by atoms with Crippen LogP contribution in [-0.2, 0) is 0 Å². The summed E-state index contributed by atoms with van der Waals surface area (Å²) in [5.74, 6) is -2.54. The molecule has 0 aliphatic carbocycles. The second kappa shape index (κ2) is 5.36. The molecule has 0 saturated heterocycles. The van der Waals surface area contributed by atoms with E-state index in [0.717, 1.165) is 12.1 Å². The van der Waals surface area contributed by atoms with Crippen molar-refractivity contribution in [2.45, 2.75) is 0 Å².